The Kier molecular flexibility index (Phi) is 4.06. The van der Waals surface area contributed by atoms with E-state index in [2.05, 4.69) is 22.6 Å². The SMILES string of the molecule is CCOc1cc(I)cc(C=O)c1C=O. The second kappa shape index (κ2) is 5.09. The topological polar surface area (TPSA) is 43.4 Å². The zero-order valence-corrected chi connectivity index (χ0v) is 9.78. The summed E-state index contributed by atoms with van der Waals surface area (Å²) in [5.74, 6) is 0.469. The number of aldehydes is 2. The molecular weight excluding hydrogens is 295 g/mol. The van der Waals surface area contributed by atoms with E-state index in [0.29, 0.717) is 36.1 Å². The van der Waals surface area contributed by atoms with Gasteiger partial charge in [-0.25, -0.2) is 0 Å². The molecule has 0 heterocycles. The van der Waals surface area contributed by atoms with E-state index in [1.54, 1.807) is 12.1 Å². The van der Waals surface area contributed by atoms with Gasteiger partial charge in [-0.1, -0.05) is 0 Å². The van der Waals surface area contributed by atoms with Gasteiger partial charge in [0.25, 0.3) is 0 Å². The summed E-state index contributed by atoms with van der Waals surface area (Å²) in [7, 11) is 0. The zero-order chi connectivity index (χ0) is 10.6. The summed E-state index contributed by atoms with van der Waals surface area (Å²) < 4.78 is 6.13. The van der Waals surface area contributed by atoms with Gasteiger partial charge in [-0.3, -0.25) is 9.59 Å². The normalized spacial score (nSPS) is 9.57. The molecule has 0 N–H and O–H groups in total. The molecule has 0 aliphatic rings. The van der Waals surface area contributed by atoms with Gasteiger partial charge in [0.15, 0.2) is 12.6 Å². The molecule has 1 rings (SSSR count). The molecule has 0 unspecified atom stereocenters. The second-order valence-electron chi connectivity index (χ2n) is 2.58. The van der Waals surface area contributed by atoms with Gasteiger partial charge in [0.05, 0.1) is 12.2 Å². The summed E-state index contributed by atoms with van der Waals surface area (Å²) in [4.78, 5) is 21.4. The van der Waals surface area contributed by atoms with Crippen molar-refractivity contribution in [2.75, 3.05) is 6.61 Å². The van der Waals surface area contributed by atoms with Crippen LogP contribution in [0.2, 0.25) is 0 Å². The van der Waals surface area contributed by atoms with Crippen LogP contribution >= 0.6 is 22.6 Å². The smallest absolute Gasteiger partial charge is 0.154 e. The molecule has 0 amide bonds. The molecule has 0 aliphatic carbocycles. The molecule has 0 fully saturated rings. The number of carbonyl (C=O) groups excluding carboxylic acids is 2. The fraction of sp³-hybridized carbons (Fsp3) is 0.200. The van der Waals surface area contributed by atoms with Crippen LogP contribution < -0.4 is 4.74 Å². The third-order valence-corrected chi connectivity index (χ3v) is 2.31. The van der Waals surface area contributed by atoms with E-state index in [1.807, 2.05) is 6.92 Å². The quantitative estimate of drug-likeness (QED) is 0.633. The van der Waals surface area contributed by atoms with Gasteiger partial charge in [0.1, 0.15) is 5.75 Å². The summed E-state index contributed by atoms with van der Waals surface area (Å²) in [6, 6.07) is 3.39. The van der Waals surface area contributed by atoms with E-state index in [4.69, 9.17) is 4.74 Å². The molecule has 1 aromatic carbocycles. The van der Waals surface area contributed by atoms with Crippen LogP contribution in [0.25, 0.3) is 0 Å². The third kappa shape index (κ3) is 2.31. The fourth-order valence-corrected chi connectivity index (χ4v) is 1.73. The molecule has 14 heavy (non-hydrogen) atoms. The minimum atomic E-state index is 0.322. The Balaban J connectivity index is 3.30. The van der Waals surface area contributed by atoms with Crippen LogP contribution in [0, 0.1) is 3.57 Å². The molecule has 74 valence electrons. The van der Waals surface area contributed by atoms with Crippen molar-refractivity contribution in [2.24, 2.45) is 0 Å². The Labute approximate surface area is 95.6 Å². The predicted molar refractivity (Wildman–Crippen MR) is 61.1 cm³/mol. The van der Waals surface area contributed by atoms with Crippen molar-refractivity contribution in [2.45, 2.75) is 6.92 Å². The van der Waals surface area contributed by atoms with Crippen LogP contribution in [0.5, 0.6) is 5.75 Å². The lowest BCUT2D eigenvalue weighted by Gasteiger charge is -2.08. The number of benzene rings is 1. The van der Waals surface area contributed by atoms with E-state index in [0.717, 1.165) is 3.57 Å². The second-order valence-corrected chi connectivity index (χ2v) is 3.82. The van der Waals surface area contributed by atoms with Gasteiger partial charge >= 0.3 is 0 Å². The van der Waals surface area contributed by atoms with Crippen molar-refractivity contribution >= 4 is 35.2 Å². The van der Waals surface area contributed by atoms with E-state index < -0.39 is 0 Å². The van der Waals surface area contributed by atoms with Gasteiger partial charge in [0, 0.05) is 9.13 Å². The maximum absolute atomic E-state index is 10.8. The third-order valence-electron chi connectivity index (χ3n) is 1.68. The molecule has 0 aromatic heterocycles. The highest BCUT2D eigenvalue weighted by Crippen LogP contribution is 2.23. The van der Waals surface area contributed by atoms with Crippen molar-refractivity contribution in [1.29, 1.82) is 0 Å². The molecule has 0 bridgehead atoms. The zero-order valence-electron chi connectivity index (χ0n) is 7.62. The van der Waals surface area contributed by atoms with Gasteiger partial charge in [-0.2, -0.15) is 0 Å². The molecule has 0 saturated heterocycles. The standard InChI is InChI=1S/C10H9IO3/c1-2-14-10-4-8(11)3-7(5-12)9(10)6-13/h3-6H,2H2,1H3. The Morgan fingerprint density at radius 3 is 2.57 bits per heavy atom. The number of ether oxygens (including phenoxy) is 1. The first-order chi connectivity index (χ1) is 6.72. The van der Waals surface area contributed by atoms with Crippen molar-refractivity contribution in [3.05, 3.63) is 26.8 Å². The van der Waals surface area contributed by atoms with Gasteiger partial charge in [-0.15, -0.1) is 0 Å². The van der Waals surface area contributed by atoms with E-state index in [-0.39, 0.29) is 0 Å². The predicted octanol–water partition coefficient (Wildman–Crippen LogP) is 2.31. The first-order valence-electron chi connectivity index (χ1n) is 4.09. The Morgan fingerprint density at radius 1 is 1.36 bits per heavy atom. The lowest BCUT2D eigenvalue weighted by atomic mass is 10.1. The van der Waals surface area contributed by atoms with E-state index in [1.165, 1.54) is 0 Å². The molecule has 0 aliphatic heterocycles. The summed E-state index contributed by atoms with van der Waals surface area (Å²) in [5, 5.41) is 0. The Morgan fingerprint density at radius 2 is 2.07 bits per heavy atom. The maximum Gasteiger partial charge on any atom is 0.154 e. The maximum atomic E-state index is 10.8. The molecule has 0 spiro atoms. The molecule has 1 aromatic rings. The molecule has 4 heteroatoms. The minimum absolute atomic E-state index is 0.322. The average Bonchev–Trinajstić information content (AvgIpc) is 2.17. The molecule has 0 atom stereocenters. The largest absolute Gasteiger partial charge is 0.493 e. The van der Waals surface area contributed by atoms with Gasteiger partial charge in [-0.05, 0) is 41.6 Å². The van der Waals surface area contributed by atoms with Crippen LogP contribution in [-0.2, 0) is 0 Å². The van der Waals surface area contributed by atoms with E-state index >= 15 is 0 Å². The number of carbonyl (C=O) groups is 2. The average molecular weight is 304 g/mol. The minimum Gasteiger partial charge on any atom is -0.493 e. The molecule has 3 nitrogen and oxygen atoms in total. The lowest BCUT2D eigenvalue weighted by Crippen LogP contribution is -2.00. The van der Waals surface area contributed by atoms with Crippen molar-refractivity contribution < 1.29 is 14.3 Å². The number of hydrogen-bond donors (Lipinski definition) is 0. The van der Waals surface area contributed by atoms with Gasteiger partial charge in [0.2, 0.25) is 0 Å². The van der Waals surface area contributed by atoms with Crippen molar-refractivity contribution in [3.8, 4) is 5.75 Å². The van der Waals surface area contributed by atoms with Crippen LogP contribution in [-0.4, -0.2) is 19.2 Å². The van der Waals surface area contributed by atoms with Crippen LogP contribution in [0.4, 0.5) is 0 Å². The summed E-state index contributed by atoms with van der Waals surface area (Å²) >= 11 is 2.07. The Hall–Kier alpha value is -0.910. The van der Waals surface area contributed by atoms with Crippen LogP contribution in [0.3, 0.4) is 0 Å². The summed E-state index contributed by atoms with van der Waals surface area (Å²) in [5.41, 5.74) is 0.692. The Bertz CT molecular complexity index is 361. The summed E-state index contributed by atoms with van der Waals surface area (Å²) in [6.45, 7) is 2.30. The summed E-state index contributed by atoms with van der Waals surface area (Å²) in [6.07, 6.45) is 1.30. The highest BCUT2D eigenvalue weighted by molar-refractivity contribution is 14.1. The highest BCUT2D eigenvalue weighted by Gasteiger charge is 2.09. The van der Waals surface area contributed by atoms with Crippen molar-refractivity contribution in [3.63, 3.8) is 0 Å². The van der Waals surface area contributed by atoms with Crippen LogP contribution in [0.1, 0.15) is 27.6 Å². The first-order valence-corrected chi connectivity index (χ1v) is 5.17. The number of hydrogen-bond acceptors (Lipinski definition) is 3. The lowest BCUT2D eigenvalue weighted by molar-refractivity contribution is 0.109. The monoisotopic (exact) mass is 304 g/mol. The highest BCUT2D eigenvalue weighted by atomic mass is 127. The number of halogens is 1. The molecule has 0 radical (unpaired) electrons. The van der Waals surface area contributed by atoms with Crippen LogP contribution in [0.15, 0.2) is 12.1 Å². The number of rotatable bonds is 4. The molecule has 0 saturated carbocycles. The van der Waals surface area contributed by atoms with E-state index in [9.17, 15) is 9.59 Å². The molecular formula is C10H9IO3. The van der Waals surface area contributed by atoms with Gasteiger partial charge < -0.3 is 4.74 Å². The first kappa shape index (κ1) is 11.2. The fourth-order valence-electron chi connectivity index (χ4n) is 1.11. The van der Waals surface area contributed by atoms with Crippen molar-refractivity contribution in [1.82, 2.24) is 0 Å².